The molecule has 7 rings (SSSR count). The predicted molar refractivity (Wildman–Crippen MR) is 291 cm³/mol. The van der Waals surface area contributed by atoms with Crippen LogP contribution in [-0.2, 0) is 62.2 Å². The molecule has 5 aromatic rings. The number of phosphoric ester groups is 1. The number of H-pyrrole nitrogens is 1. The quantitative estimate of drug-likeness (QED) is 0.0165. The summed E-state index contributed by atoms with van der Waals surface area (Å²) in [6.07, 6.45) is -3.78. The van der Waals surface area contributed by atoms with Crippen molar-refractivity contribution < 1.29 is 55.2 Å². The molecule has 26 nitrogen and oxygen atoms in total. The maximum absolute atomic E-state index is 15.1. The van der Waals surface area contributed by atoms with Gasteiger partial charge >= 0.3 is 14.5 Å². The molecule has 3 N–H and O–H groups in total. The van der Waals surface area contributed by atoms with Crippen LogP contribution in [0.1, 0.15) is 83.1 Å². The van der Waals surface area contributed by atoms with Crippen molar-refractivity contribution in [3.8, 4) is 18.2 Å². The van der Waals surface area contributed by atoms with E-state index >= 15 is 4.57 Å². The number of hydrogen-bond acceptors (Lipinski definition) is 22. The van der Waals surface area contributed by atoms with Crippen LogP contribution in [-0.4, -0.2) is 121 Å². The van der Waals surface area contributed by atoms with Crippen molar-refractivity contribution in [1.29, 1.82) is 15.8 Å². The Bertz CT molecular complexity index is 3170. The summed E-state index contributed by atoms with van der Waals surface area (Å²) in [6, 6.07) is 14.5. The first-order valence-electron chi connectivity index (χ1n) is 24.3. The van der Waals surface area contributed by atoms with Gasteiger partial charge in [-0.1, -0.05) is 75.4 Å². The van der Waals surface area contributed by atoms with Gasteiger partial charge in [0.05, 0.1) is 82.7 Å². The summed E-state index contributed by atoms with van der Waals surface area (Å²) in [6.45, 7) is 8.27. The van der Waals surface area contributed by atoms with Crippen LogP contribution < -0.4 is 16.2 Å². The second kappa shape index (κ2) is 25.9. The zero-order chi connectivity index (χ0) is 55.7. The number of rotatable bonds is 25. The van der Waals surface area contributed by atoms with Crippen molar-refractivity contribution >= 4 is 103 Å². The van der Waals surface area contributed by atoms with Gasteiger partial charge in [-0.15, -0.1) is 0 Å². The Morgan fingerprint density at radius 1 is 0.883 bits per heavy atom. The molecule has 0 aliphatic carbocycles. The van der Waals surface area contributed by atoms with Gasteiger partial charge in [-0.05, 0) is 42.1 Å². The molecule has 2 aliphatic rings. The number of carbonyl (C=O) groups is 2. The molecule has 4 aromatic heterocycles. The lowest BCUT2D eigenvalue weighted by Gasteiger charge is -2.41. The minimum Gasteiger partial charge on any atom is -0.408 e. The van der Waals surface area contributed by atoms with Crippen LogP contribution in [0.25, 0.3) is 22.3 Å². The lowest BCUT2D eigenvalue weighted by molar-refractivity contribution is -0.118. The molecule has 0 saturated carbocycles. The van der Waals surface area contributed by atoms with Gasteiger partial charge in [-0.25, -0.2) is 24.5 Å². The molecule has 2 amide bonds. The average molecular weight is 1250 g/mol. The zero-order valence-corrected chi connectivity index (χ0v) is 48.8. The summed E-state index contributed by atoms with van der Waals surface area (Å²) in [7, 11) is -7.59. The third-order valence-electron chi connectivity index (χ3n) is 12.6. The molecule has 2 fully saturated rings. The lowest BCUT2D eigenvalue weighted by atomic mass is 10.1. The van der Waals surface area contributed by atoms with Gasteiger partial charge in [0.15, 0.2) is 42.7 Å². The molecular formula is C46H58IN13O13P2SSi. The topological polar surface area (TPSA) is 337 Å². The van der Waals surface area contributed by atoms with E-state index in [4.69, 9.17) is 52.8 Å². The Kier molecular flexibility index (Phi) is 20.0. The molecule has 1 aromatic carbocycles. The standard InChI is InChI=1S/C46H58IN13O13P2SSi/c1-28(2)41(61)57-45-56-40-35(43(63)58-45)54-26-59(40)33-22-30(31(23-47)69-33)71-74(64,65-19-11-16-48)68-24-32-36(73-77(6,7)46(3,4)5)37(72-75(76,66-20-12-17-49)67-21-13-18-50)44(70-32)60-27-53-34-38(51-25-52-39(34)60)55-42(62)29-14-9-8-10-15-29/h8-10,14-15,25-28,30-33,36-37,44H,11-13,19-24H2,1-7H3,(H,51,52,55,62)(H2,56,57,58,61,63)/t30-,31+,32+,33+,36+,37+,44+,74?/m0/s1. The fourth-order valence-corrected chi connectivity index (χ4v) is 13.2. The van der Waals surface area contributed by atoms with Crippen molar-refractivity contribution in [2.75, 3.05) is 41.5 Å². The number of aromatic nitrogens is 8. The van der Waals surface area contributed by atoms with Crippen LogP contribution in [0, 0.1) is 39.9 Å². The molecule has 412 valence electrons. The highest BCUT2D eigenvalue weighted by atomic mass is 127. The second-order valence-corrected chi connectivity index (χ2v) is 29.5. The van der Waals surface area contributed by atoms with Crippen LogP contribution in [0.5, 0.6) is 0 Å². The number of ether oxygens (including phenoxy) is 2. The Hall–Kier alpha value is -5.00. The van der Waals surface area contributed by atoms with E-state index in [0.29, 0.717) is 9.99 Å². The maximum atomic E-state index is 15.1. The Morgan fingerprint density at radius 2 is 1.53 bits per heavy atom. The fraction of sp³-hybridized carbons (Fsp3) is 0.543. The normalized spacial score (nSPS) is 21.7. The van der Waals surface area contributed by atoms with E-state index in [2.05, 4.69) is 63.1 Å². The number of imidazole rings is 2. The number of benzene rings is 1. The maximum Gasteiger partial charge on any atom is 0.475 e. The van der Waals surface area contributed by atoms with E-state index in [1.807, 2.05) is 52.1 Å². The van der Waals surface area contributed by atoms with Crippen molar-refractivity contribution in [2.24, 2.45) is 5.92 Å². The number of nitrogens with one attached hydrogen (secondary N) is 3. The molecular weight excluding hydrogens is 1190 g/mol. The van der Waals surface area contributed by atoms with Gasteiger partial charge in [0.25, 0.3) is 11.5 Å². The number of nitrogens with zero attached hydrogens (tertiary/aromatic N) is 10. The third kappa shape index (κ3) is 14.4. The molecule has 0 bridgehead atoms. The van der Waals surface area contributed by atoms with Gasteiger partial charge < -0.3 is 28.3 Å². The van der Waals surface area contributed by atoms with E-state index in [9.17, 15) is 30.2 Å². The van der Waals surface area contributed by atoms with Crippen molar-refractivity contribution in [1.82, 2.24) is 39.0 Å². The van der Waals surface area contributed by atoms with E-state index in [-0.39, 0.29) is 85.5 Å². The first kappa shape index (κ1) is 59.7. The molecule has 31 heteroatoms. The Morgan fingerprint density at radius 3 is 2.17 bits per heavy atom. The van der Waals surface area contributed by atoms with Crippen molar-refractivity contribution in [2.45, 2.75) is 121 Å². The number of amides is 2. The first-order valence-corrected chi connectivity index (χ1v) is 32.7. The number of nitriles is 3. The molecule has 0 radical (unpaired) electrons. The molecule has 1 unspecified atom stereocenters. The monoisotopic (exact) mass is 1250 g/mol. The number of hydrogen-bond donors (Lipinski definition) is 3. The molecule has 6 heterocycles. The SMILES string of the molecule is CC(C)C(=O)Nc1nc2c(ncn2[C@H]2C[C@H](OP(=O)(OCCC#N)OC[C@H]3O[C@@H](n4cnc5c(NC(=O)c6ccccc6)ncnc54)[C@H](OP(=S)(OCCC#N)OCCC#N)[C@@H]3O[Si](C)(C)C(C)(C)C)[C@@H](CI)O2)c(=O)[nH]1. The molecule has 0 spiro atoms. The predicted octanol–water partition coefficient (Wildman–Crippen LogP) is 7.73. The third-order valence-corrected chi connectivity index (χ3v) is 21.8. The second-order valence-electron chi connectivity index (χ2n) is 19.3. The minimum absolute atomic E-state index is 0.0173. The average Bonchev–Trinajstić information content (AvgIpc) is 4.22. The molecule has 2 aliphatic heterocycles. The van der Waals surface area contributed by atoms with E-state index < -0.39 is 94.9 Å². The summed E-state index contributed by atoms with van der Waals surface area (Å²) in [5.41, 5.74) is 0.205. The Labute approximate surface area is 462 Å². The molecule has 8 atom stereocenters. The molecule has 2 saturated heterocycles. The fourth-order valence-electron chi connectivity index (χ4n) is 7.60. The minimum atomic E-state index is -4.71. The van der Waals surface area contributed by atoms with Crippen LogP contribution in [0.15, 0.2) is 54.1 Å². The van der Waals surface area contributed by atoms with Gasteiger partial charge in [0.2, 0.25) is 11.9 Å². The van der Waals surface area contributed by atoms with Crippen molar-refractivity contribution in [3.05, 3.63) is 65.2 Å². The number of halogens is 1. The number of alkyl halides is 1. The summed E-state index contributed by atoms with van der Waals surface area (Å²) >= 11 is 8.08. The number of aromatic amines is 1. The summed E-state index contributed by atoms with van der Waals surface area (Å²) in [4.78, 5) is 63.7. The van der Waals surface area contributed by atoms with Gasteiger partial charge in [-0.3, -0.25) is 51.9 Å². The zero-order valence-electron chi connectivity index (χ0n) is 43.1. The van der Waals surface area contributed by atoms with Gasteiger partial charge in [-0.2, -0.15) is 20.8 Å². The van der Waals surface area contributed by atoms with Gasteiger partial charge in [0.1, 0.15) is 37.0 Å². The largest absolute Gasteiger partial charge is 0.475 e. The number of carbonyl (C=O) groups excluding carboxylic acids is 2. The molecule has 77 heavy (non-hydrogen) atoms. The van der Waals surface area contributed by atoms with E-state index in [1.165, 1.54) is 28.1 Å². The highest BCUT2D eigenvalue weighted by Gasteiger charge is 2.55. The van der Waals surface area contributed by atoms with Crippen LogP contribution in [0.3, 0.4) is 0 Å². The van der Waals surface area contributed by atoms with Crippen LogP contribution >= 0.6 is 37.1 Å². The van der Waals surface area contributed by atoms with Crippen molar-refractivity contribution in [3.63, 3.8) is 0 Å². The van der Waals surface area contributed by atoms with Gasteiger partial charge in [0, 0.05) is 22.3 Å². The smallest absolute Gasteiger partial charge is 0.408 e. The number of fused-ring (bicyclic) bond motifs is 2. The first-order chi connectivity index (χ1) is 36.6. The van der Waals surface area contributed by atoms with Crippen LogP contribution in [0.4, 0.5) is 11.8 Å². The summed E-state index contributed by atoms with van der Waals surface area (Å²) in [5.74, 6) is -1.24. The van der Waals surface area contributed by atoms with E-state index in [1.54, 1.807) is 44.2 Å². The van der Waals surface area contributed by atoms with E-state index in [0.717, 1.165) is 0 Å². The highest BCUT2D eigenvalue weighted by molar-refractivity contribution is 14.1. The highest BCUT2D eigenvalue weighted by Crippen LogP contribution is 2.57. The summed E-state index contributed by atoms with van der Waals surface area (Å²) < 4.78 is 76.2. The summed E-state index contributed by atoms with van der Waals surface area (Å²) in [5, 5.41) is 33.4. The number of anilines is 2. The lowest BCUT2D eigenvalue weighted by Crippen LogP contribution is -2.50. The Balaban J connectivity index is 1.25. The number of phosphoric acid groups is 1. The van der Waals surface area contributed by atoms with Crippen LogP contribution in [0.2, 0.25) is 18.1 Å².